The number of benzene rings is 1. The second kappa shape index (κ2) is 5.85. The molecule has 5 heteroatoms. The summed E-state index contributed by atoms with van der Waals surface area (Å²) in [4.78, 5) is 18.9. The van der Waals surface area contributed by atoms with E-state index in [4.69, 9.17) is 0 Å². The Bertz CT molecular complexity index is 619. The zero-order chi connectivity index (χ0) is 14.8. The Labute approximate surface area is 128 Å². The van der Waals surface area contributed by atoms with Gasteiger partial charge in [0.1, 0.15) is 0 Å². The van der Waals surface area contributed by atoms with Crippen molar-refractivity contribution >= 4 is 22.4 Å². The molecule has 2 heterocycles. The van der Waals surface area contributed by atoms with Gasteiger partial charge in [-0.3, -0.25) is 4.79 Å². The summed E-state index contributed by atoms with van der Waals surface area (Å²) in [6.07, 6.45) is 2.79. The summed E-state index contributed by atoms with van der Waals surface area (Å²) in [5.41, 5.74) is 2.99. The fraction of sp³-hybridized carbons (Fsp3) is 0.375. The lowest BCUT2D eigenvalue weighted by atomic mass is 10.1. The lowest BCUT2D eigenvalue weighted by Crippen LogP contribution is -2.37. The normalized spacial score (nSPS) is 18.0. The molecule has 1 aromatic carbocycles. The molecule has 1 aliphatic heterocycles. The number of anilines is 1. The highest BCUT2D eigenvalue weighted by Gasteiger charge is 2.25. The Morgan fingerprint density at radius 2 is 2.10 bits per heavy atom. The molecule has 1 amide bonds. The highest BCUT2D eigenvalue weighted by Crippen LogP contribution is 2.22. The van der Waals surface area contributed by atoms with E-state index < -0.39 is 0 Å². The molecule has 4 nitrogen and oxygen atoms in total. The second-order valence-corrected chi connectivity index (χ2v) is 6.47. The standard InChI is InChI=1S/C16H19N3OS/c1-11-7-12(2)9-13(8-11)15(20)18-14-3-5-19(10-14)16-17-4-6-21-16/h4,6-9,14H,3,5,10H2,1-2H3,(H,18,20). The van der Waals surface area contributed by atoms with E-state index in [9.17, 15) is 4.79 Å². The molecule has 1 unspecified atom stereocenters. The van der Waals surface area contributed by atoms with Crippen LogP contribution in [0.2, 0.25) is 0 Å². The van der Waals surface area contributed by atoms with Crippen molar-refractivity contribution in [3.63, 3.8) is 0 Å². The van der Waals surface area contributed by atoms with E-state index in [1.807, 2.05) is 37.6 Å². The summed E-state index contributed by atoms with van der Waals surface area (Å²) in [6.45, 7) is 5.82. The summed E-state index contributed by atoms with van der Waals surface area (Å²) < 4.78 is 0. The summed E-state index contributed by atoms with van der Waals surface area (Å²) in [6, 6.07) is 6.16. The fourth-order valence-electron chi connectivity index (χ4n) is 2.80. The summed E-state index contributed by atoms with van der Waals surface area (Å²) in [5.74, 6) is 0.0211. The topological polar surface area (TPSA) is 45.2 Å². The molecule has 2 aromatic rings. The average molecular weight is 301 g/mol. The van der Waals surface area contributed by atoms with Gasteiger partial charge in [0, 0.05) is 36.3 Å². The maximum absolute atomic E-state index is 12.4. The molecule has 0 radical (unpaired) electrons. The SMILES string of the molecule is Cc1cc(C)cc(C(=O)NC2CCN(c3nccs3)C2)c1. The summed E-state index contributed by atoms with van der Waals surface area (Å²) in [5, 5.41) is 6.16. The molecule has 1 fully saturated rings. The Hall–Kier alpha value is -1.88. The first-order valence-corrected chi connectivity index (χ1v) is 8.03. The molecule has 0 bridgehead atoms. The third-order valence-electron chi connectivity index (χ3n) is 3.70. The van der Waals surface area contributed by atoms with Crippen LogP contribution in [0.3, 0.4) is 0 Å². The second-order valence-electron chi connectivity index (χ2n) is 5.60. The van der Waals surface area contributed by atoms with Crippen molar-refractivity contribution < 1.29 is 4.79 Å². The van der Waals surface area contributed by atoms with E-state index in [1.54, 1.807) is 11.3 Å². The third-order valence-corrected chi connectivity index (χ3v) is 4.53. The van der Waals surface area contributed by atoms with Gasteiger partial charge in [-0.15, -0.1) is 11.3 Å². The van der Waals surface area contributed by atoms with Gasteiger partial charge >= 0.3 is 0 Å². The Morgan fingerprint density at radius 3 is 2.76 bits per heavy atom. The number of carbonyl (C=O) groups is 1. The lowest BCUT2D eigenvalue weighted by molar-refractivity contribution is 0.0940. The largest absolute Gasteiger partial charge is 0.347 e. The van der Waals surface area contributed by atoms with E-state index in [-0.39, 0.29) is 11.9 Å². The van der Waals surface area contributed by atoms with Crippen molar-refractivity contribution in [3.05, 3.63) is 46.5 Å². The molecule has 1 aliphatic rings. The molecule has 3 rings (SSSR count). The molecule has 0 spiro atoms. The van der Waals surface area contributed by atoms with E-state index in [2.05, 4.69) is 21.3 Å². The molecule has 0 aliphatic carbocycles. The molecule has 1 saturated heterocycles. The zero-order valence-corrected chi connectivity index (χ0v) is 13.1. The van der Waals surface area contributed by atoms with Crippen molar-refractivity contribution in [1.82, 2.24) is 10.3 Å². The molecular weight excluding hydrogens is 282 g/mol. The zero-order valence-electron chi connectivity index (χ0n) is 12.3. The molecule has 0 saturated carbocycles. The van der Waals surface area contributed by atoms with Crippen LogP contribution in [0.25, 0.3) is 0 Å². The van der Waals surface area contributed by atoms with Crippen LogP contribution in [0.15, 0.2) is 29.8 Å². The minimum absolute atomic E-state index is 0.0211. The number of thiazole rings is 1. The fourth-order valence-corrected chi connectivity index (χ4v) is 3.48. The number of amides is 1. The van der Waals surface area contributed by atoms with E-state index in [0.29, 0.717) is 0 Å². The molecule has 1 aromatic heterocycles. The monoisotopic (exact) mass is 301 g/mol. The maximum Gasteiger partial charge on any atom is 0.251 e. The summed E-state index contributed by atoms with van der Waals surface area (Å²) in [7, 11) is 0. The van der Waals surface area contributed by atoms with Crippen LogP contribution in [0.4, 0.5) is 5.13 Å². The van der Waals surface area contributed by atoms with Gasteiger partial charge < -0.3 is 10.2 Å². The van der Waals surface area contributed by atoms with Gasteiger partial charge in [-0.25, -0.2) is 4.98 Å². The van der Waals surface area contributed by atoms with E-state index in [0.717, 1.165) is 41.3 Å². The smallest absolute Gasteiger partial charge is 0.251 e. The van der Waals surface area contributed by atoms with Gasteiger partial charge in [-0.1, -0.05) is 17.2 Å². The van der Waals surface area contributed by atoms with Crippen LogP contribution in [0.1, 0.15) is 27.9 Å². The quantitative estimate of drug-likeness (QED) is 0.948. The minimum Gasteiger partial charge on any atom is -0.347 e. The van der Waals surface area contributed by atoms with Gasteiger partial charge in [0.2, 0.25) is 0 Å². The van der Waals surface area contributed by atoms with Crippen LogP contribution >= 0.6 is 11.3 Å². The van der Waals surface area contributed by atoms with Gasteiger partial charge in [0.15, 0.2) is 5.13 Å². The van der Waals surface area contributed by atoms with Crippen molar-refractivity contribution in [2.45, 2.75) is 26.3 Å². The number of rotatable bonds is 3. The number of aryl methyl sites for hydroxylation is 2. The number of aromatic nitrogens is 1. The van der Waals surface area contributed by atoms with E-state index >= 15 is 0 Å². The molecule has 110 valence electrons. The van der Waals surface area contributed by atoms with Gasteiger partial charge in [-0.05, 0) is 32.4 Å². The van der Waals surface area contributed by atoms with Crippen molar-refractivity contribution in [2.24, 2.45) is 0 Å². The number of nitrogens with zero attached hydrogens (tertiary/aromatic N) is 2. The highest BCUT2D eigenvalue weighted by atomic mass is 32.1. The van der Waals surface area contributed by atoms with Crippen LogP contribution in [-0.2, 0) is 0 Å². The van der Waals surface area contributed by atoms with Crippen molar-refractivity contribution in [1.29, 1.82) is 0 Å². The summed E-state index contributed by atoms with van der Waals surface area (Å²) >= 11 is 1.64. The number of nitrogens with one attached hydrogen (secondary N) is 1. The predicted octanol–water partition coefficient (Wildman–Crippen LogP) is 2.77. The van der Waals surface area contributed by atoms with Gasteiger partial charge in [0.25, 0.3) is 5.91 Å². The van der Waals surface area contributed by atoms with Gasteiger partial charge in [-0.2, -0.15) is 0 Å². The van der Waals surface area contributed by atoms with Crippen LogP contribution in [0, 0.1) is 13.8 Å². The number of carbonyl (C=O) groups excluding carboxylic acids is 1. The van der Waals surface area contributed by atoms with Crippen LogP contribution in [0.5, 0.6) is 0 Å². The number of hydrogen-bond acceptors (Lipinski definition) is 4. The molecule has 1 N–H and O–H groups in total. The minimum atomic E-state index is 0.0211. The predicted molar refractivity (Wildman–Crippen MR) is 86.1 cm³/mol. The van der Waals surface area contributed by atoms with Crippen LogP contribution in [-0.4, -0.2) is 30.0 Å². The average Bonchev–Trinajstić information content (AvgIpc) is 3.07. The first kappa shape index (κ1) is 14.1. The number of hydrogen-bond donors (Lipinski definition) is 1. The third kappa shape index (κ3) is 3.24. The Kier molecular flexibility index (Phi) is 3.92. The molecular formula is C16H19N3OS. The maximum atomic E-state index is 12.4. The van der Waals surface area contributed by atoms with Crippen LogP contribution < -0.4 is 10.2 Å². The van der Waals surface area contributed by atoms with E-state index in [1.165, 1.54) is 0 Å². The highest BCUT2D eigenvalue weighted by molar-refractivity contribution is 7.13. The molecule has 1 atom stereocenters. The van der Waals surface area contributed by atoms with Gasteiger partial charge in [0.05, 0.1) is 0 Å². The first-order valence-electron chi connectivity index (χ1n) is 7.15. The Morgan fingerprint density at radius 1 is 1.33 bits per heavy atom. The van der Waals surface area contributed by atoms with Crippen molar-refractivity contribution in [2.75, 3.05) is 18.0 Å². The van der Waals surface area contributed by atoms with Crippen molar-refractivity contribution in [3.8, 4) is 0 Å². The Balaban J connectivity index is 1.63. The molecule has 21 heavy (non-hydrogen) atoms. The first-order chi connectivity index (χ1) is 10.1. The lowest BCUT2D eigenvalue weighted by Gasteiger charge is -2.16.